The highest BCUT2D eigenvalue weighted by Gasteiger charge is 2.34. The van der Waals surface area contributed by atoms with Crippen LogP contribution in [0.5, 0.6) is 0 Å². The summed E-state index contributed by atoms with van der Waals surface area (Å²) in [6, 6.07) is 0.172. The Bertz CT molecular complexity index is 413. The number of carbonyl (C=O) groups is 1. The van der Waals surface area contributed by atoms with Crippen molar-refractivity contribution in [3.05, 3.63) is 0 Å². The fourth-order valence-electron chi connectivity index (χ4n) is 2.54. The van der Waals surface area contributed by atoms with E-state index in [1.54, 1.807) is 18.2 Å². The molecule has 0 aromatic carbocycles. The van der Waals surface area contributed by atoms with Crippen molar-refractivity contribution in [2.24, 2.45) is 0 Å². The quantitative estimate of drug-likeness (QED) is 0.800. The number of nitrogens with one attached hydrogen (secondary N) is 1. The van der Waals surface area contributed by atoms with Crippen LogP contribution in [0.15, 0.2) is 0 Å². The average Bonchev–Trinajstić information content (AvgIpc) is 2.75. The molecule has 104 valence electrons. The minimum Gasteiger partial charge on any atom is -0.336 e. The molecule has 18 heavy (non-hydrogen) atoms. The summed E-state index contributed by atoms with van der Waals surface area (Å²) in [5, 5.41) is 2.41. The lowest BCUT2D eigenvalue weighted by molar-refractivity contribution is 0.167. The highest BCUT2D eigenvalue weighted by Crippen LogP contribution is 2.21. The van der Waals surface area contributed by atoms with Crippen LogP contribution in [-0.4, -0.2) is 61.1 Å². The Kier molecular flexibility index (Phi) is 3.82. The molecule has 0 aromatic rings. The van der Waals surface area contributed by atoms with Crippen LogP contribution >= 0.6 is 0 Å². The average molecular weight is 275 g/mol. The lowest BCUT2D eigenvalue weighted by atomic mass is 10.1. The van der Waals surface area contributed by atoms with Gasteiger partial charge >= 0.3 is 6.03 Å². The third-order valence-corrected chi connectivity index (χ3v) is 5.99. The van der Waals surface area contributed by atoms with Gasteiger partial charge in [0.1, 0.15) is 0 Å². The van der Waals surface area contributed by atoms with Crippen molar-refractivity contribution >= 4 is 16.1 Å². The van der Waals surface area contributed by atoms with Crippen LogP contribution in [0.1, 0.15) is 26.7 Å². The second-order valence-corrected chi connectivity index (χ2v) is 7.64. The Labute approximate surface area is 108 Å². The fraction of sp³-hybridized carbons (Fsp3) is 0.909. The number of nitrogens with zero attached hydrogens (tertiary/aromatic N) is 2. The molecule has 0 radical (unpaired) electrons. The van der Waals surface area contributed by atoms with Crippen LogP contribution in [-0.2, 0) is 10.0 Å². The van der Waals surface area contributed by atoms with Gasteiger partial charge in [-0.2, -0.15) is 0 Å². The van der Waals surface area contributed by atoms with E-state index >= 15 is 0 Å². The standard InChI is InChI=1S/C11H21N3O3S/c1-9(2)18(16,17)13-6-3-10(4-7-13)14-8-5-12-11(14)15/h9-10H,3-8H2,1-2H3,(H,12,15). The Morgan fingerprint density at radius 3 is 2.28 bits per heavy atom. The molecular weight excluding hydrogens is 254 g/mol. The molecule has 0 aliphatic carbocycles. The molecule has 2 amide bonds. The summed E-state index contributed by atoms with van der Waals surface area (Å²) in [7, 11) is -3.15. The van der Waals surface area contributed by atoms with Gasteiger partial charge in [-0.15, -0.1) is 0 Å². The molecule has 2 aliphatic rings. The van der Waals surface area contributed by atoms with E-state index in [-0.39, 0.29) is 17.3 Å². The molecule has 2 saturated heterocycles. The Morgan fingerprint density at radius 2 is 1.83 bits per heavy atom. The summed E-state index contributed by atoms with van der Waals surface area (Å²) in [6.45, 7) is 5.89. The first kappa shape index (κ1) is 13.6. The lowest BCUT2D eigenvalue weighted by Crippen LogP contribution is -2.49. The van der Waals surface area contributed by atoms with Crippen molar-refractivity contribution in [2.45, 2.75) is 38.0 Å². The van der Waals surface area contributed by atoms with E-state index < -0.39 is 10.0 Å². The van der Waals surface area contributed by atoms with Crippen LogP contribution < -0.4 is 5.32 Å². The zero-order valence-corrected chi connectivity index (χ0v) is 11.7. The van der Waals surface area contributed by atoms with E-state index in [1.807, 2.05) is 4.90 Å². The summed E-state index contributed by atoms with van der Waals surface area (Å²) < 4.78 is 25.6. The van der Waals surface area contributed by atoms with Gasteiger partial charge in [-0.3, -0.25) is 0 Å². The van der Waals surface area contributed by atoms with E-state index in [2.05, 4.69) is 5.32 Å². The van der Waals surface area contributed by atoms with Gasteiger partial charge in [0.2, 0.25) is 10.0 Å². The predicted molar refractivity (Wildman–Crippen MR) is 68.8 cm³/mol. The van der Waals surface area contributed by atoms with Crippen molar-refractivity contribution in [3.63, 3.8) is 0 Å². The summed E-state index contributed by atoms with van der Waals surface area (Å²) in [6.07, 6.45) is 1.47. The maximum absolute atomic E-state index is 12.0. The number of amides is 2. The van der Waals surface area contributed by atoms with Crippen LogP contribution in [0, 0.1) is 0 Å². The van der Waals surface area contributed by atoms with Crippen LogP contribution in [0.3, 0.4) is 0 Å². The Morgan fingerprint density at radius 1 is 1.22 bits per heavy atom. The van der Waals surface area contributed by atoms with Crippen molar-refractivity contribution in [3.8, 4) is 0 Å². The van der Waals surface area contributed by atoms with Gasteiger partial charge in [-0.1, -0.05) is 0 Å². The van der Waals surface area contributed by atoms with Crippen LogP contribution in [0.4, 0.5) is 4.79 Å². The second kappa shape index (κ2) is 5.05. The van der Waals surface area contributed by atoms with Crippen LogP contribution in [0.25, 0.3) is 0 Å². The molecule has 0 unspecified atom stereocenters. The normalized spacial score (nSPS) is 23.7. The third kappa shape index (κ3) is 2.47. The highest BCUT2D eigenvalue weighted by atomic mass is 32.2. The zero-order chi connectivity index (χ0) is 13.3. The number of rotatable bonds is 3. The highest BCUT2D eigenvalue weighted by molar-refractivity contribution is 7.89. The summed E-state index contributed by atoms with van der Waals surface area (Å²) in [5.41, 5.74) is 0. The van der Waals surface area contributed by atoms with Gasteiger partial charge in [-0.05, 0) is 26.7 Å². The van der Waals surface area contributed by atoms with E-state index in [9.17, 15) is 13.2 Å². The molecule has 0 atom stereocenters. The topological polar surface area (TPSA) is 69.7 Å². The Hall–Kier alpha value is -0.820. The summed E-state index contributed by atoms with van der Waals surface area (Å²) in [4.78, 5) is 13.4. The number of hydrogen-bond acceptors (Lipinski definition) is 3. The number of hydrogen-bond donors (Lipinski definition) is 1. The Balaban J connectivity index is 1.94. The molecule has 7 heteroatoms. The maximum atomic E-state index is 12.0. The van der Waals surface area contributed by atoms with E-state index in [1.165, 1.54) is 0 Å². The second-order valence-electron chi connectivity index (χ2n) is 5.15. The monoisotopic (exact) mass is 275 g/mol. The number of carbonyl (C=O) groups excluding carboxylic acids is 1. The molecule has 1 N–H and O–H groups in total. The maximum Gasteiger partial charge on any atom is 0.317 e. The van der Waals surface area contributed by atoms with Gasteiger partial charge in [0.05, 0.1) is 5.25 Å². The summed E-state index contributed by atoms with van der Waals surface area (Å²) >= 11 is 0. The molecule has 2 heterocycles. The van der Waals surface area contributed by atoms with Crippen molar-refractivity contribution in [2.75, 3.05) is 26.2 Å². The largest absolute Gasteiger partial charge is 0.336 e. The number of piperidine rings is 1. The number of urea groups is 1. The molecule has 2 aliphatic heterocycles. The van der Waals surface area contributed by atoms with Gasteiger partial charge < -0.3 is 10.2 Å². The summed E-state index contributed by atoms with van der Waals surface area (Å²) in [5.74, 6) is 0. The molecule has 2 rings (SSSR count). The fourth-order valence-corrected chi connectivity index (χ4v) is 3.86. The van der Waals surface area contributed by atoms with Crippen LogP contribution in [0.2, 0.25) is 0 Å². The van der Waals surface area contributed by atoms with Crippen molar-refractivity contribution in [1.82, 2.24) is 14.5 Å². The van der Waals surface area contributed by atoms with Gasteiger partial charge in [0.25, 0.3) is 0 Å². The van der Waals surface area contributed by atoms with E-state index in [0.717, 1.165) is 19.4 Å². The third-order valence-electron chi connectivity index (χ3n) is 3.71. The van der Waals surface area contributed by atoms with Crippen molar-refractivity contribution in [1.29, 1.82) is 0 Å². The lowest BCUT2D eigenvalue weighted by Gasteiger charge is -2.36. The molecule has 0 bridgehead atoms. The molecule has 0 spiro atoms. The minimum atomic E-state index is -3.15. The first-order valence-electron chi connectivity index (χ1n) is 6.46. The van der Waals surface area contributed by atoms with Gasteiger partial charge in [0.15, 0.2) is 0 Å². The first-order valence-corrected chi connectivity index (χ1v) is 7.96. The first-order chi connectivity index (χ1) is 8.43. The van der Waals surface area contributed by atoms with Crippen molar-refractivity contribution < 1.29 is 13.2 Å². The number of sulfonamides is 1. The molecule has 0 saturated carbocycles. The SMILES string of the molecule is CC(C)S(=O)(=O)N1CCC(N2CCNC2=O)CC1. The van der Waals surface area contributed by atoms with Gasteiger partial charge in [0, 0.05) is 32.2 Å². The molecule has 2 fully saturated rings. The minimum absolute atomic E-state index is 0.0137. The molecule has 0 aromatic heterocycles. The molecule has 6 nitrogen and oxygen atoms in total. The van der Waals surface area contributed by atoms with E-state index in [0.29, 0.717) is 19.6 Å². The van der Waals surface area contributed by atoms with E-state index in [4.69, 9.17) is 0 Å². The zero-order valence-electron chi connectivity index (χ0n) is 10.9. The molecular formula is C11H21N3O3S. The van der Waals surface area contributed by atoms with Gasteiger partial charge in [-0.25, -0.2) is 17.5 Å². The predicted octanol–water partition coefficient (Wildman–Crippen LogP) is 0.214. The smallest absolute Gasteiger partial charge is 0.317 e.